The maximum absolute atomic E-state index is 14.1. The number of rotatable bonds is 3. The van der Waals surface area contributed by atoms with Crippen molar-refractivity contribution in [3.8, 4) is 0 Å². The quantitative estimate of drug-likeness (QED) is 0.858. The van der Waals surface area contributed by atoms with Crippen molar-refractivity contribution in [3.63, 3.8) is 0 Å². The van der Waals surface area contributed by atoms with Gasteiger partial charge in [-0.1, -0.05) is 0 Å². The maximum atomic E-state index is 14.1. The Hall–Kier alpha value is -2.48. The van der Waals surface area contributed by atoms with E-state index in [4.69, 9.17) is 10.5 Å². The third-order valence-corrected chi connectivity index (χ3v) is 4.24. The van der Waals surface area contributed by atoms with Crippen molar-refractivity contribution in [1.29, 1.82) is 0 Å². The summed E-state index contributed by atoms with van der Waals surface area (Å²) in [4.78, 5) is 38.6. The second kappa shape index (κ2) is 6.56. The average molecular weight is 335 g/mol. The van der Waals surface area contributed by atoms with Gasteiger partial charge in [-0.05, 0) is 24.6 Å². The van der Waals surface area contributed by atoms with Crippen LogP contribution in [-0.2, 0) is 14.3 Å². The predicted molar refractivity (Wildman–Crippen MR) is 82.8 cm³/mol. The van der Waals surface area contributed by atoms with Crippen molar-refractivity contribution in [2.75, 3.05) is 31.1 Å². The van der Waals surface area contributed by atoms with Crippen molar-refractivity contribution in [1.82, 2.24) is 4.90 Å². The first kappa shape index (κ1) is 16.4. The highest BCUT2D eigenvalue weighted by Gasteiger charge is 2.30. The van der Waals surface area contributed by atoms with Gasteiger partial charge in [0.1, 0.15) is 5.82 Å². The Bertz CT molecular complexity index is 694. The minimum atomic E-state index is -0.894. The van der Waals surface area contributed by atoms with Gasteiger partial charge >= 0.3 is 0 Å². The zero-order chi connectivity index (χ0) is 17.3. The predicted octanol–water partition coefficient (Wildman–Crippen LogP) is 0.279. The molecule has 128 valence electrons. The van der Waals surface area contributed by atoms with Crippen LogP contribution in [0.25, 0.3) is 0 Å². The van der Waals surface area contributed by atoms with E-state index in [2.05, 4.69) is 0 Å². The van der Waals surface area contributed by atoms with Crippen LogP contribution in [-0.4, -0.2) is 55.0 Å². The molecule has 2 N–H and O–H groups in total. The molecule has 0 aliphatic carbocycles. The van der Waals surface area contributed by atoms with Crippen LogP contribution in [0.4, 0.5) is 10.1 Å². The standard InChI is InChI=1S/C16H18FN3O4/c17-12-4-3-10(20-5-1-2-14(20)21)8-11(12)16(23)19-6-7-24-13(9-19)15(18)22/h3-4,8,13H,1-2,5-7,9H2,(H2,18,22). The lowest BCUT2D eigenvalue weighted by atomic mass is 10.1. The number of morpholine rings is 1. The number of nitrogens with two attached hydrogens (primary N) is 1. The Labute approximate surface area is 138 Å². The van der Waals surface area contributed by atoms with E-state index in [0.29, 0.717) is 18.7 Å². The molecule has 1 atom stereocenters. The van der Waals surface area contributed by atoms with Gasteiger partial charge in [0, 0.05) is 25.2 Å². The summed E-state index contributed by atoms with van der Waals surface area (Å²) in [6.45, 7) is 0.945. The molecule has 0 radical (unpaired) electrons. The van der Waals surface area contributed by atoms with Crippen LogP contribution >= 0.6 is 0 Å². The van der Waals surface area contributed by atoms with E-state index in [9.17, 15) is 18.8 Å². The van der Waals surface area contributed by atoms with Crippen LogP contribution < -0.4 is 10.6 Å². The van der Waals surface area contributed by atoms with Crippen molar-refractivity contribution in [3.05, 3.63) is 29.6 Å². The first-order valence-electron chi connectivity index (χ1n) is 7.77. The monoisotopic (exact) mass is 335 g/mol. The Morgan fingerprint density at radius 1 is 1.29 bits per heavy atom. The van der Waals surface area contributed by atoms with E-state index in [1.54, 1.807) is 4.90 Å². The number of anilines is 1. The molecule has 7 nitrogen and oxygen atoms in total. The molecule has 24 heavy (non-hydrogen) atoms. The number of nitrogens with zero attached hydrogens (tertiary/aromatic N) is 2. The smallest absolute Gasteiger partial charge is 0.257 e. The number of amides is 3. The summed E-state index contributed by atoms with van der Waals surface area (Å²) in [7, 11) is 0. The highest BCUT2D eigenvalue weighted by molar-refractivity contribution is 5.99. The largest absolute Gasteiger partial charge is 0.367 e. The molecule has 0 aromatic heterocycles. The molecule has 3 amide bonds. The zero-order valence-corrected chi connectivity index (χ0v) is 13.0. The molecule has 0 bridgehead atoms. The summed E-state index contributed by atoms with van der Waals surface area (Å²) >= 11 is 0. The SMILES string of the molecule is NC(=O)C1CN(C(=O)c2cc(N3CCCC3=O)ccc2F)CCO1. The fourth-order valence-electron chi connectivity index (χ4n) is 2.94. The van der Waals surface area contributed by atoms with E-state index >= 15 is 0 Å². The van der Waals surface area contributed by atoms with Gasteiger partial charge in [0.2, 0.25) is 11.8 Å². The molecule has 2 saturated heterocycles. The number of hydrogen-bond donors (Lipinski definition) is 1. The fourth-order valence-corrected chi connectivity index (χ4v) is 2.94. The molecule has 1 aromatic rings. The van der Waals surface area contributed by atoms with Crippen LogP contribution in [0.2, 0.25) is 0 Å². The number of ether oxygens (including phenoxy) is 1. The van der Waals surface area contributed by atoms with Gasteiger partial charge < -0.3 is 20.3 Å². The van der Waals surface area contributed by atoms with Crippen molar-refractivity contribution in [2.45, 2.75) is 18.9 Å². The number of hydrogen-bond acceptors (Lipinski definition) is 4. The van der Waals surface area contributed by atoms with Crippen LogP contribution in [0.15, 0.2) is 18.2 Å². The van der Waals surface area contributed by atoms with Gasteiger partial charge in [-0.15, -0.1) is 0 Å². The molecule has 1 unspecified atom stereocenters. The van der Waals surface area contributed by atoms with E-state index < -0.39 is 23.7 Å². The highest BCUT2D eigenvalue weighted by atomic mass is 19.1. The van der Waals surface area contributed by atoms with E-state index in [1.807, 2.05) is 0 Å². The molecule has 1 aromatic carbocycles. The van der Waals surface area contributed by atoms with Gasteiger partial charge in [-0.3, -0.25) is 14.4 Å². The molecule has 2 heterocycles. The van der Waals surface area contributed by atoms with Gasteiger partial charge in [-0.25, -0.2) is 4.39 Å². The van der Waals surface area contributed by atoms with Crippen LogP contribution in [0.5, 0.6) is 0 Å². The number of carbonyl (C=O) groups is 3. The van der Waals surface area contributed by atoms with E-state index in [1.165, 1.54) is 23.1 Å². The third kappa shape index (κ3) is 3.09. The summed E-state index contributed by atoms with van der Waals surface area (Å²) in [5.74, 6) is -1.92. The summed E-state index contributed by atoms with van der Waals surface area (Å²) in [5, 5.41) is 0. The average Bonchev–Trinajstić information content (AvgIpc) is 3.01. The summed E-state index contributed by atoms with van der Waals surface area (Å²) in [5.41, 5.74) is 5.57. The normalized spacial score (nSPS) is 21.2. The van der Waals surface area contributed by atoms with Crippen molar-refractivity contribution in [2.24, 2.45) is 5.73 Å². The molecule has 0 saturated carbocycles. The van der Waals surface area contributed by atoms with Gasteiger partial charge in [0.25, 0.3) is 5.91 Å². The molecular formula is C16H18FN3O4. The summed E-state index contributed by atoms with van der Waals surface area (Å²) in [6.07, 6.45) is 0.294. The van der Waals surface area contributed by atoms with Gasteiger partial charge in [0.05, 0.1) is 18.7 Å². The number of halogens is 1. The van der Waals surface area contributed by atoms with Gasteiger partial charge in [0.15, 0.2) is 6.10 Å². The third-order valence-electron chi connectivity index (χ3n) is 4.24. The fraction of sp³-hybridized carbons (Fsp3) is 0.438. The second-order valence-corrected chi connectivity index (χ2v) is 5.83. The highest BCUT2D eigenvalue weighted by Crippen LogP contribution is 2.25. The maximum Gasteiger partial charge on any atom is 0.257 e. The van der Waals surface area contributed by atoms with E-state index in [-0.39, 0.29) is 31.2 Å². The summed E-state index contributed by atoms with van der Waals surface area (Å²) < 4.78 is 19.3. The number of primary amides is 1. The second-order valence-electron chi connectivity index (χ2n) is 5.83. The number of carbonyl (C=O) groups excluding carboxylic acids is 3. The first-order valence-corrected chi connectivity index (χ1v) is 7.77. The van der Waals surface area contributed by atoms with Crippen LogP contribution in [0.3, 0.4) is 0 Å². The molecular weight excluding hydrogens is 317 g/mol. The lowest BCUT2D eigenvalue weighted by Gasteiger charge is -2.31. The lowest BCUT2D eigenvalue weighted by Crippen LogP contribution is -2.50. The minimum absolute atomic E-state index is 0.0134. The number of benzene rings is 1. The first-order chi connectivity index (χ1) is 11.5. The Balaban J connectivity index is 1.84. The van der Waals surface area contributed by atoms with E-state index in [0.717, 1.165) is 6.42 Å². The summed E-state index contributed by atoms with van der Waals surface area (Å²) in [6, 6.07) is 4.05. The van der Waals surface area contributed by atoms with Crippen LogP contribution in [0, 0.1) is 5.82 Å². The molecule has 2 aliphatic heterocycles. The molecule has 2 fully saturated rings. The molecule has 3 rings (SSSR count). The minimum Gasteiger partial charge on any atom is -0.367 e. The van der Waals surface area contributed by atoms with Crippen LogP contribution in [0.1, 0.15) is 23.2 Å². The van der Waals surface area contributed by atoms with Crippen molar-refractivity contribution >= 4 is 23.4 Å². The van der Waals surface area contributed by atoms with Gasteiger partial charge in [-0.2, -0.15) is 0 Å². The topological polar surface area (TPSA) is 92.9 Å². The van der Waals surface area contributed by atoms with Crippen molar-refractivity contribution < 1.29 is 23.5 Å². The molecule has 8 heteroatoms. The Morgan fingerprint density at radius 3 is 2.75 bits per heavy atom. The Morgan fingerprint density at radius 2 is 2.08 bits per heavy atom. The molecule has 0 spiro atoms. The zero-order valence-electron chi connectivity index (χ0n) is 13.0. The lowest BCUT2D eigenvalue weighted by molar-refractivity contribution is -0.133. The molecule has 2 aliphatic rings. The Kier molecular flexibility index (Phi) is 4.48.